The van der Waals surface area contributed by atoms with Gasteiger partial charge >= 0.3 is 11.9 Å². The maximum Gasteiger partial charge on any atom is 0.482 e. The second kappa shape index (κ2) is 3.37. The lowest BCUT2D eigenvalue weighted by Gasteiger charge is -2.02. The highest BCUT2D eigenvalue weighted by Gasteiger charge is 2.44. The average Bonchev–Trinajstić information content (AvgIpc) is 2.00. The standard InChI is InChI=1S/C7H6F3N2O3/c1-4-3-11(13)6(7(8,9)10)2-5(4)12(14)15/h2-3,13H,1H3/q+1. The zero-order valence-corrected chi connectivity index (χ0v) is 7.45. The number of halogens is 3. The molecule has 0 saturated heterocycles. The summed E-state index contributed by atoms with van der Waals surface area (Å²) in [6, 6.07) is 0.287. The largest absolute Gasteiger partial charge is 0.482 e. The summed E-state index contributed by atoms with van der Waals surface area (Å²) in [5.41, 5.74) is -2.23. The van der Waals surface area contributed by atoms with Crippen molar-refractivity contribution in [1.82, 2.24) is 0 Å². The van der Waals surface area contributed by atoms with Crippen LogP contribution in [0.3, 0.4) is 0 Å². The van der Waals surface area contributed by atoms with Crippen LogP contribution in [0.4, 0.5) is 18.9 Å². The summed E-state index contributed by atoms with van der Waals surface area (Å²) in [5, 5.41) is 19.3. The Morgan fingerprint density at radius 1 is 1.53 bits per heavy atom. The van der Waals surface area contributed by atoms with Crippen molar-refractivity contribution in [1.29, 1.82) is 0 Å². The number of hydrogen-bond donors (Lipinski definition) is 1. The van der Waals surface area contributed by atoms with Crippen molar-refractivity contribution in [2.24, 2.45) is 0 Å². The lowest BCUT2D eigenvalue weighted by atomic mass is 10.2. The second-order valence-electron chi connectivity index (χ2n) is 2.83. The Morgan fingerprint density at radius 2 is 2.07 bits per heavy atom. The first-order valence-corrected chi connectivity index (χ1v) is 3.70. The van der Waals surface area contributed by atoms with Gasteiger partial charge in [0.1, 0.15) is 0 Å². The summed E-state index contributed by atoms with van der Waals surface area (Å²) in [7, 11) is 0. The van der Waals surface area contributed by atoms with E-state index in [1.165, 1.54) is 6.92 Å². The van der Waals surface area contributed by atoms with Crippen LogP contribution in [0.5, 0.6) is 0 Å². The summed E-state index contributed by atoms with van der Waals surface area (Å²) in [6.07, 6.45) is -4.20. The highest BCUT2D eigenvalue weighted by atomic mass is 19.4. The van der Waals surface area contributed by atoms with Gasteiger partial charge in [0.15, 0.2) is 0 Å². The van der Waals surface area contributed by atoms with Crippen molar-refractivity contribution >= 4 is 5.69 Å². The highest BCUT2D eigenvalue weighted by Crippen LogP contribution is 2.29. The van der Waals surface area contributed by atoms with E-state index in [1.54, 1.807) is 0 Å². The van der Waals surface area contributed by atoms with Gasteiger partial charge in [-0.15, -0.1) is 0 Å². The van der Waals surface area contributed by atoms with E-state index < -0.39 is 22.5 Å². The maximum absolute atomic E-state index is 12.2. The number of aryl methyl sites for hydroxylation is 1. The van der Waals surface area contributed by atoms with Gasteiger partial charge < -0.3 is 0 Å². The van der Waals surface area contributed by atoms with Crippen LogP contribution in [0.25, 0.3) is 0 Å². The van der Waals surface area contributed by atoms with Gasteiger partial charge in [-0.1, -0.05) is 0 Å². The second-order valence-corrected chi connectivity index (χ2v) is 2.83. The summed E-state index contributed by atoms with van der Waals surface area (Å²) in [4.78, 5) is 9.42. The lowest BCUT2D eigenvalue weighted by molar-refractivity contribution is -0.915. The first-order valence-electron chi connectivity index (χ1n) is 3.70. The summed E-state index contributed by atoms with van der Waals surface area (Å²) < 4.78 is 36.5. The molecule has 1 aromatic rings. The van der Waals surface area contributed by atoms with Crippen LogP contribution in [0.2, 0.25) is 0 Å². The number of pyridine rings is 1. The molecule has 0 bridgehead atoms. The molecule has 0 atom stereocenters. The zero-order valence-electron chi connectivity index (χ0n) is 7.45. The zero-order chi connectivity index (χ0) is 11.8. The third-order valence-corrected chi connectivity index (χ3v) is 1.73. The molecule has 1 aromatic heterocycles. The van der Waals surface area contributed by atoms with Gasteiger partial charge in [-0.3, -0.25) is 15.3 Å². The van der Waals surface area contributed by atoms with E-state index in [-0.39, 0.29) is 16.4 Å². The van der Waals surface area contributed by atoms with Crippen LogP contribution < -0.4 is 4.73 Å². The smallest absolute Gasteiger partial charge is 0.285 e. The first-order chi connectivity index (χ1) is 6.73. The molecule has 0 aliphatic carbocycles. The number of hydrogen-bond acceptors (Lipinski definition) is 3. The van der Waals surface area contributed by atoms with Gasteiger partial charge in [0.2, 0.25) is 6.20 Å². The van der Waals surface area contributed by atoms with E-state index >= 15 is 0 Å². The Hall–Kier alpha value is -1.86. The molecule has 0 aromatic carbocycles. The molecule has 1 rings (SSSR count). The van der Waals surface area contributed by atoms with E-state index in [1.807, 2.05) is 0 Å². The third kappa shape index (κ3) is 2.14. The summed E-state index contributed by atoms with van der Waals surface area (Å²) in [6.45, 7) is 1.23. The minimum Gasteiger partial charge on any atom is -0.285 e. The SMILES string of the molecule is Cc1c[n+](O)c(C(F)(F)F)cc1[N+](=O)[O-]. The summed E-state index contributed by atoms with van der Waals surface area (Å²) in [5.74, 6) is 0. The van der Waals surface area contributed by atoms with E-state index in [2.05, 4.69) is 0 Å². The van der Waals surface area contributed by atoms with Crippen molar-refractivity contribution < 1.29 is 28.0 Å². The van der Waals surface area contributed by atoms with Gasteiger partial charge in [-0.25, -0.2) is 0 Å². The third-order valence-electron chi connectivity index (χ3n) is 1.73. The molecule has 15 heavy (non-hydrogen) atoms. The van der Waals surface area contributed by atoms with Crippen LogP contribution in [0.1, 0.15) is 11.3 Å². The Kier molecular flexibility index (Phi) is 2.52. The fourth-order valence-corrected chi connectivity index (χ4v) is 1.04. The Balaban J connectivity index is 3.43. The molecular weight excluding hydrogens is 217 g/mol. The molecule has 82 valence electrons. The van der Waals surface area contributed by atoms with E-state index in [0.717, 1.165) is 0 Å². The number of alkyl halides is 3. The Bertz CT molecular complexity index is 417. The normalized spacial score (nSPS) is 11.5. The molecule has 0 spiro atoms. The van der Waals surface area contributed by atoms with Gasteiger partial charge in [0, 0.05) is 4.73 Å². The van der Waals surface area contributed by atoms with Gasteiger partial charge in [0.25, 0.3) is 5.69 Å². The monoisotopic (exact) mass is 223 g/mol. The van der Waals surface area contributed by atoms with E-state index in [9.17, 15) is 23.3 Å². The van der Waals surface area contributed by atoms with Crippen molar-refractivity contribution in [2.75, 3.05) is 0 Å². The van der Waals surface area contributed by atoms with Crippen LogP contribution in [0.15, 0.2) is 12.3 Å². The molecule has 0 saturated carbocycles. The molecule has 5 nitrogen and oxygen atoms in total. The molecule has 8 heteroatoms. The fourth-order valence-electron chi connectivity index (χ4n) is 1.04. The molecule has 0 unspecified atom stereocenters. The topological polar surface area (TPSA) is 67.2 Å². The molecule has 1 N–H and O–H groups in total. The molecule has 0 aliphatic rings. The minimum absolute atomic E-state index is 0.0597. The van der Waals surface area contributed by atoms with Gasteiger partial charge in [-0.2, -0.15) is 13.2 Å². The van der Waals surface area contributed by atoms with Crippen LogP contribution >= 0.6 is 0 Å². The Labute approximate surface area is 81.5 Å². The fraction of sp³-hybridized carbons (Fsp3) is 0.286. The van der Waals surface area contributed by atoms with Crippen LogP contribution in [0, 0.1) is 17.0 Å². The number of rotatable bonds is 1. The summed E-state index contributed by atoms with van der Waals surface area (Å²) >= 11 is 0. The number of nitrogens with zero attached hydrogens (tertiary/aromatic N) is 2. The predicted octanol–water partition coefficient (Wildman–Crippen LogP) is 1.45. The maximum atomic E-state index is 12.2. The number of nitro groups is 1. The van der Waals surface area contributed by atoms with Crippen LogP contribution in [-0.2, 0) is 6.18 Å². The van der Waals surface area contributed by atoms with Gasteiger partial charge in [0.05, 0.1) is 16.6 Å². The van der Waals surface area contributed by atoms with Crippen molar-refractivity contribution in [3.8, 4) is 0 Å². The average molecular weight is 223 g/mol. The number of aromatic nitrogens is 1. The highest BCUT2D eigenvalue weighted by molar-refractivity contribution is 5.37. The predicted molar refractivity (Wildman–Crippen MR) is 40.2 cm³/mol. The quantitative estimate of drug-likeness (QED) is 0.339. The van der Waals surface area contributed by atoms with Crippen molar-refractivity contribution in [3.63, 3.8) is 0 Å². The molecule has 1 heterocycles. The van der Waals surface area contributed by atoms with Crippen molar-refractivity contribution in [3.05, 3.63) is 33.6 Å². The van der Waals surface area contributed by atoms with Crippen molar-refractivity contribution in [2.45, 2.75) is 13.1 Å². The lowest BCUT2D eigenvalue weighted by Crippen LogP contribution is -2.39. The molecule has 0 radical (unpaired) electrons. The van der Waals surface area contributed by atoms with E-state index in [4.69, 9.17) is 5.21 Å². The first kappa shape index (κ1) is 11.2. The van der Waals surface area contributed by atoms with Crippen LogP contribution in [-0.4, -0.2) is 10.1 Å². The van der Waals surface area contributed by atoms with E-state index in [0.29, 0.717) is 6.20 Å². The minimum atomic E-state index is -4.84. The Morgan fingerprint density at radius 3 is 2.47 bits per heavy atom. The van der Waals surface area contributed by atoms with Gasteiger partial charge in [-0.05, 0) is 6.92 Å². The molecule has 0 fully saturated rings. The molecule has 0 amide bonds. The molecular formula is C7H6F3N2O3+. The molecule has 0 aliphatic heterocycles.